The number of aromatic nitrogens is 1. The quantitative estimate of drug-likeness (QED) is 0.412. The van der Waals surface area contributed by atoms with Crippen LogP contribution < -0.4 is 11.3 Å². The Labute approximate surface area is 119 Å². The number of pyridine rings is 1. The zero-order valence-electron chi connectivity index (χ0n) is 11.8. The highest BCUT2D eigenvalue weighted by Crippen LogP contribution is 2.30. The zero-order valence-corrected chi connectivity index (χ0v) is 11.8. The Kier molecular flexibility index (Phi) is 4.69. The van der Waals surface area contributed by atoms with Crippen molar-refractivity contribution >= 4 is 5.91 Å². The first-order valence-electron chi connectivity index (χ1n) is 6.90. The van der Waals surface area contributed by atoms with Crippen LogP contribution in [-0.4, -0.2) is 40.1 Å². The first-order valence-corrected chi connectivity index (χ1v) is 6.90. The highest BCUT2D eigenvalue weighted by Gasteiger charge is 2.32. The van der Waals surface area contributed by atoms with Gasteiger partial charge in [0.15, 0.2) is 0 Å². The van der Waals surface area contributed by atoms with Gasteiger partial charge in [0.25, 0.3) is 5.91 Å². The Morgan fingerprint density at radius 1 is 1.50 bits per heavy atom. The van der Waals surface area contributed by atoms with Gasteiger partial charge in [-0.2, -0.15) is 0 Å². The SMILES string of the molecule is CN(Cc1cccc(C(=O)NN)n1)CC1(O)CCCC1. The van der Waals surface area contributed by atoms with Gasteiger partial charge < -0.3 is 5.11 Å². The molecule has 1 aromatic rings. The van der Waals surface area contributed by atoms with Crippen LogP contribution in [0.15, 0.2) is 18.2 Å². The van der Waals surface area contributed by atoms with Gasteiger partial charge in [0, 0.05) is 13.1 Å². The summed E-state index contributed by atoms with van der Waals surface area (Å²) >= 11 is 0. The topological polar surface area (TPSA) is 91.5 Å². The van der Waals surface area contributed by atoms with Crippen molar-refractivity contribution < 1.29 is 9.90 Å². The summed E-state index contributed by atoms with van der Waals surface area (Å²) < 4.78 is 0. The molecule has 1 amide bonds. The van der Waals surface area contributed by atoms with Crippen molar-refractivity contribution in [3.8, 4) is 0 Å². The molecule has 1 aromatic heterocycles. The Hall–Kier alpha value is -1.50. The van der Waals surface area contributed by atoms with Crippen molar-refractivity contribution in [3.05, 3.63) is 29.6 Å². The van der Waals surface area contributed by atoms with E-state index in [-0.39, 0.29) is 0 Å². The molecule has 0 spiro atoms. The van der Waals surface area contributed by atoms with Crippen LogP contribution in [0.1, 0.15) is 41.9 Å². The Bertz CT molecular complexity index is 472. The van der Waals surface area contributed by atoms with Crippen molar-refractivity contribution in [2.24, 2.45) is 5.84 Å². The maximum absolute atomic E-state index is 11.4. The number of hydrogen-bond donors (Lipinski definition) is 3. The fraction of sp³-hybridized carbons (Fsp3) is 0.571. The summed E-state index contributed by atoms with van der Waals surface area (Å²) in [5.74, 6) is 4.70. The second kappa shape index (κ2) is 6.30. The summed E-state index contributed by atoms with van der Waals surface area (Å²) in [5, 5.41) is 10.4. The third kappa shape index (κ3) is 3.75. The molecular weight excluding hydrogens is 256 g/mol. The Morgan fingerprint density at radius 3 is 2.85 bits per heavy atom. The average molecular weight is 278 g/mol. The van der Waals surface area contributed by atoms with Gasteiger partial charge in [-0.1, -0.05) is 18.9 Å². The molecule has 6 nitrogen and oxygen atoms in total. The maximum Gasteiger partial charge on any atom is 0.283 e. The molecular formula is C14H22N4O2. The predicted molar refractivity (Wildman–Crippen MR) is 75.6 cm³/mol. The minimum absolute atomic E-state index is 0.304. The van der Waals surface area contributed by atoms with Crippen LogP contribution >= 0.6 is 0 Å². The van der Waals surface area contributed by atoms with E-state index in [4.69, 9.17) is 5.84 Å². The summed E-state index contributed by atoms with van der Waals surface area (Å²) in [7, 11) is 1.95. The van der Waals surface area contributed by atoms with Crippen molar-refractivity contribution in [1.29, 1.82) is 0 Å². The molecule has 1 fully saturated rings. The highest BCUT2D eigenvalue weighted by atomic mass is 16.3. The van der Waals surface area contributed by atoms with E-state index in [1.807, 2.05) is 18.0 Å². The van der Waals surface area contributed by atoms with E-state index in [2.05, 4.69) is 10.4 Å². The number of carbonyl (C=O) groups is 1. The van der Waals surface area contributed by atoms with Gasteiger partial charge in [-0.3, -0.25) is 15.1 Å². The van der Waals surface area contributed by atoms with Crippen LogP contribution in [-0.2, 0) is 6.54 Å². The zero-order chi connectivity index (χ0) is 14.6. The van der Waals surface area contributed by atoms with Gasteiger partial charge in [-0.05, 0) is 32.0 Å². The summed E-state index contributed by atoms with van der Waals surface area (Å²) in [6, 6.07) is 5.27. The van der Waals surface area contributed by atoms with E-state index in [0.717, 1.165) is 31.4 Å². The van der Waals surface area contributed by atoms with Crippen LogP contribution in [0, 0.1) is 0 Å². The second-order valence-corrected chi connectivity index (χ2v) is 5.59. The van der Waals surface area contributed by atoms with Crippen LogP contribution in [0.5, 0.6) is 0 Å². The van der Waals surface area contributed by atoms with Gasteiger partial charge in [0.2, 0.25) is 0 Å². The molecule has 0 bridgehead atoms. The monoisotopic (exact) mass is 278 g/mol. The number of amides is 1. The van der Waals surface area contributed by atoms with E-state index >= 15 is 0 Å². The molecule has 0 saturated heterocycles. The lowest BCUT2D eigenvalue weighted by Gasteiger charge is -2.28. The minimum atomic E-state index is -0.568. The van der Waals surface area contributed by atoms with Gasteiger partial charge in [-0.25, -0.2) is 10.8 Å². The van der Waals surface area contributed by atoms with Crippen LogP contribution in [0.3, 0.4) is 0 Å². The Morgan fingerprint density at radius 2 is 2.20 bits per heavy atom. The van der Waals surface area contributed by atoms with Gasteiger partial charge in [-0.15, -0.1) is 0 Å². The van der Waals surface area contributed by atoms with Gasteiger partial charge in [0.1, 0.15) is 5.69 Å². The largest absolute Gasteiger partial charge is 0.389 e. The number of nitrogens with one attached hydrogen (secondary N) is 1. The summed E-state index contributed by atoms with van der Waals surface area (Å²) in [5.41, 5.74) is 2.59. The second-order valence-electron chi connectivity index (χ2n) is 5.59. The van der Waals surface area contributed by atoms with E-state index in [1.165, 1.54) is 0 Å². The molecule has 6 heteroatoms. The summed E-state index contributed by atoms with van der Waals surface area (Å²) in [4.78, 5) is 17.7. The molecule has 1 aliphatic rings. The molecule has 110 valence electrons. The van der Waals surface area contributed by atoms with Gasteiger partial charge >= 0.3 is 0 Å². The average Bonchev–Trinajstić information content (AvgIpc) is 2.84. The number of aliphatic hydroxyl groups is 1. The number of nitrogens with two attached hydrogens (primary N) is 1. The number of nitrogens with zero attached hydrogens (tertiary/aromatic N) is 2. The normalized spacial score (nSPS) is 17.4. The molecule has 1 saturated carbocycles. The van der Waals surface area contributed by atoms with E-state index in [1.54, 1.807) is 12.1 Å². The Balaban J connectivity index is 1.97. The fourth-order valence-electron chi connectivity index (χ4n) is 2.79. The predicted octanol–water partition coefficient (Wildman–Crippen LogP) is 0.422. The lowest BCUT2D eigenvalue weighted by Crippen LogP contribution is -2.39. The number of rotatable bonds is 5. The third-order valence-corrected chi connectivity index (χ3v) is 3.70. The van der Waals surface area contributed by atoms with E-state index in [0.29, 0.717) is 18.8 Å². The molecule has 0 radical (unpaired) electrons. The van der Waals surface area contributed by atoms with E-state index in [9.17, 15) is 9.90 Å². The highest BCUT2D eigenvalue weighted by molar-refractivity contribution is 5.91. The lowest BCUT2D eigenvalue weighted by molar-refractivity contribution is 0.0142. The summed E-state index contributed by atoms with van der Waals surface area (Å²) in [6.45, 7) is 1.22. The molecule has 1 heterocycles. The molecule has 0 atom stereocenters. The molecule has 0 aromatic carbocycles. The minimum Gasteiger partial charge on any atom is -0.389 e. The first kappa shape index (κ1) is 14.9. The maximum atomic E-state index is 11.4. The third-order valence-electron chi connectivity index (χ3n) is 3.70. The fourth-order valence-corrected chi connectivity index (χ4v) is 2.79. The number of hydrazine groups is 1. The number of carbonyl (C=O) groups excluding carboxylic acids is 1. The molecule has 4 N–H and O–H groups in total. The molecule has 20 heavy (non-hydrogen) atoms. The van der Waals surface area contributed by atoms with Crippen molar-refractivity contribution in [2.75, 3.05) is 13.6 Å². The van der Waals surface area contributed by atoms with Crippen molar-refractivity contribution in [2.45, 2.75) is 37.8 Å². The van der Waals surface area contributed by atoms with Gasteiger partial charge in [0.05, 0.1) is 11.3 Å². The smallest absolute Gasteiger partial charge is 0.283 e. The number of nitrogen functional groups attached to an aromatic ring is 1. The summed E-state index contributed by atoms with van der Waals surface area (Å²) in [6.07, 6.45) is 3.91. The molecule has 2 rings (SSSR count). The number of hydrogen-bond acceptors (Lipinski definition) is 5. The molecule has 0 aliphatic heterocycles. The van der Waals surface area contributed by atoms with Crippen LogP contribution in [0.4, 0.5) is 0 Å². The molecule has 0 unspecified atom stereocenters. The lowest BCUT2D eigenvalue weighted by atomic mass is 10.0. The van der Waals surface area contributed by atoms with Crippen LogP contribution in [0.25, 0.3) is 0 Å². The first-order chi connectivity index (χ1) is 9.52. The number of likely N-dealkylation sites (N-methyl/N-ethyl adjacent to an activating group) is 1. The standard InChI is InChI=1S/C14H22N4O2/c1-18(10-14(20)7-2-3-8-14)9-11-5-4-6-12(16-11)13(19)17-15/h4-6,20H,2-3,7-10,15H2,1H3,(H,17,19). The van der Waals surface area contributed by atoms with Crippen molar-refractivity contribution in [1.82, 2.24) is 15.3 Å². The van der Waals surface area contributed by atoms with E-state index < -0.39 is 11.5 Å². The molecule has 1 aliphatic carbocycles. The van der Waals surface area contributed by atoms with Crippen LogP contribution in [0.2, 0.25) is 0 Å². The van der Waals surface area contributed by atoms with Crippen molar-refractivity contribution in [3.63, 3.8) is 0 Å².